The Morgan fingerprint density at radius 1 is 1.26 bits per heavy atom. The van der Waals surface area contributed by atoms with Crippen LogP contribution in [0.3, 0.4) is 0 Å². The third-order valence-electron chi connectivity index (χ3n) is 2.68. The van der Waals surface area contributed by atoms with E-state index in [9.17, 15) is 9.18 Å². The number of hydrogen-bond donors (Lipinski definition) is 2. The van der Waals surface area contributed by atoms with Crippen molar-refractivity contribution in [2.24, 2.45) is 0 Å². The number of anilines is 2. The average molecular weight is 265 g/mol. The predicted octanol–water partition coefficient (Wildman–Crippen LogP) is 1.71. The maximum atomic E-state index is 13.8. The zero-order chi connectivity index (χ0) is 14.0. The SMILES string of the molecule is CC(C)Nc1nc(N)nc(C2=C(F)C(=O)CCC2)n1. The van der Waals surface area contributed by atoms with Crippen molar-refractivity contribution in [1.82, 2.24) is 15.0 Å². The first-order valence-corrected chi connectivity index (χ1v) is 6.17. The highest BCUT2D eigenvalue weighted by atomic mass is 19.1. The molecule has 0 radical (unpaired) electrons. The van der Waals surface area contributed by atoms with E-state index < -0.39 is 11.6 Å². The number of Topliss-reactive ketones (excluding diaryl/α,β-unsaturated/α-hetero) is 1. The molecule has 1 aromatic rings. The number of hydrogen-bond acceptors (Lipinski definition) is 6. The first-order chi connectivity index (χ1) is 8.97. The summed E-state index contributed by atoms with van der Waals surface area (Å²) in [6.07, 6.45) is 1.26. The minimum absolute atomic E-state index is 0.00599. The molecule has 3 N–H and O–H groups in total. The van der Waals surface area contributed by atoms with Gasteiger partial charge in [0.15, 0.2) is 17.4 Å². The summed E-state index contributed by atoms with van der Waals surface area (Å²) in [5.41, 5.74) is 5.81. The molecule has 0 saturated carbocycles. The summed E-state index contributed by atoms with van der Waals surface area (Å²) in [5.74, 6) is -0.825. The van der Waals surface area contributed by atoms with E-state index in [4.69, 9.17) is 5.73 Å². The van der Waals surface area contributed by atoms with Gasteiger partial charge >= 0.3 is 0 Å². The second-order valence-corrected chi connectivity index (χ2v) is 4.71. The summed E-state index contributed by atoms with van der Waals surface area (Å²) >= 11 is 0. The molecule has 19 heavy (non-hydrogen) atoms. The van der Waals surface area contributed by atoms with Crippen LogP contribution in [0.1, 0.15) is 38.9 Å². The first-order valence-electron chi connectivity index (χ1n) is 6.17. The van der Waals surface area contributed by atoms with E-state index in [-0.39, 0.29) is 35.8 Å². The molecule has 0 amide bonds. The van der Waals surface area contributed by atoms with E-state index in [0.717, 1.165) is 0 Å². The molecule has 0 spiro atoms. The van der Waals surface area contributed by atoms with Crippen LogP contribution >= 0.6 is 0 Å². The summed E-state index contributed by atoms with van der Waals surface area (Å²) in [6.45, 7) is 3.84. The van der Waals surface area contributed by atoms with Gasteiger partial charge < -0.3 is 11.1 Å². The monoisotopic (exact) mass is 265 g/mol. The highest BCUT2D eigenvalue weighted by Crippen LogP contribution is 2.29. The van der Waals surface area contributed by atoms with Crippen molar-refractivity contribution in [3.8, 4) is 0 Å². The Hall–Kier alpha value is -2.05. The van der Waals surface area contributed by atoms with E-state index >= 15 is 0 Å². The van der Waals surface area contributed by atoms with Crippen LogP contribution in [-0.4, -0.2) is 26.8 Å². The Bertz CT molecular complexity index is 541. The topological polar surface area (TPSA) is 93.8 Å². The Kier molecular flexibility index (Phi) is 3.73. The third-order valence-corrected chi connectivity index (χ3v) is 2.68. The number of nitrogens with zero attached hydrogens (tertiary/aromatic N) is 3. The van der Waals surface area contributed by atoms with Gasteiger partial charge in [0.25, 0.3) is 0 Å². The number of nitrogen functional groups attached to an aromatic ring is 1. The van der Waals surface area contributed by atoms with Gasteiger partial charge in [0, 0.05) is 18.0 Å². The smallest absolute Gasteiger partial charge is 0.228 e. The van der Waals surface area contributed by atoms with Gasteiger partial charge in [0.05, 0.1) is 0 Å². The summed E-state index contributed by atoms with van der Waals surface area (Å²) in [6, 6.07) is 0.112. The molecule has 0 aromatic carbocycles. The maximum absolute atomic E-state index is 13.8. The molecule has 1 aliphatic rings. The van der Waals surface area contributed by atoms with Gasteiger partial charge in [0.2, 0.25) is 11.9 Å². The molecule has 102 valence electrons. The largest absolute Gasteiger partial charge is 0.368 e. The molecule has 0 fully saturated rings. The van der Waals surface area contributed by atoms with Crippen molar-refractivity contribution in [3.63, 3.8) is 0 Å². The second-order valence-electron chi connectivity index (χ2n) is 4.71. The van der Waals surface area contributed by atoms with E-state index in [2.05, 4.69) is 20.3 Å². The second kappa shape index (κ2) is 5.29. The molecule has 1 heterocycles. The Morgan fingerprint density at radius 2 is 2.00 bits per heavy atom. The van der Waals surface area contributed by atoms with Crippen LogP contribution in [0.15, 0.2) is 5.83 Å². The fourth-order valence-electron chi connectivity index (χ4n) is 1.87. The highest BCUT2D eigenvalue weighted by Gasteiger charge is 2.24. The van der Waals surface area contributed by atoms with Gasteiger partial charge in [-0.15, -0.1) is 0 Å². The lowest BCUT2D eigenvalue weighted by molar-refractivity contribution is -0.117. The summed E-state index contributed by atoms with van der Waals surface area (Å²) < 4.78 is 13.8. The Balaban J connectivity index is 2.42. The predicted molar refractivity (Wildman–Crippen MR) is 69.9 cm³/mol. The molecule has 0 saturated heterocycles. The molecule has 1 aliphatic carbocycles. The lowest BCUT2D eigenvalue weighted by Gasteiger charge is -2.14. The average Bonchev–Trinajstić information content (AvgIpc) is 2.31. The number of nitrogens with one attached hydrogen (secondary N) is 1. The summed E-state index contributed by atoms with van der Waals surface area (Å²) in [4.78, 5) is 23.3. The molecule has 7 heteroatoms. The molecule has 2 rings (SSSR count). The number of ketones is 1. The van der Waals surface area contributed by atoms with Crippen LogP contribution in [-0.2, 0) is 4.79 Å². The number of rotatable bonds is 3. The van der Waals surface area contributed by atoms with Gasteiger partial charge in [-0.1, -0.05) is 0 Å². The minimum Gasteiger partial charge on any atom is -0.368 e. The van der Waals surface area contributed by atoms with E-state index in [1.807, 2.05) is 13.8 Å². The van der Waals surface area contributed by atoms with E-state index in [1.54, 1.807) is 0 Å². The standard InChI is InChI=1S/C12H16FN5O/c1-6(2)15-12-17-10(16-11(14)18-12)7-4-3-5-8(19)9(7)13/h6H,3-5H2,1-2H3,(H3,14,15,16,17,18). The highest BCUT2D eigenvalue weighted by molar-refractivity contribution is 6.01. The van der Waals surface area contributed by atoms with Gasteiger partial charge in [-0.25, -0.2) is 4.39 Å². The molecule has 1 aromatic heterocycles. The van der Waals surface area contributed by atoms with Crippen molar-refractivity contribution in [1.29, 1.82) is 0 Å². The van der Waals surface area contributed by atoms with Gasteiger partial charge in [-0.2, -0.15) is 15.0 Å². The molecule has 0 aliphatic heterocycles. The quantitative estimate of drug-likeness (QED) is 0.864. The Morgan fingerprint density at radius 3 is 2.68 bits per heavy atom. The van der Waals surface area contributed by atoms with E-state index in [0.29, 0.717) is 12.8 Å². The van der Waals surface area contributed by atoms with Gasteiger partial charge in [0.1, 0.15) is 0 Å². The Labute approximate surface area is 110 Å². The first kappa shape index (κ1) is 13.4. The number of carbonyl (C=O) groups excluding carboxylic acids is 1. The molecule has 0 bridgehead atoms. The normalized spacial score (nSPS) is 16.1. The van der Waals surface area contributed by atoms with Crippen LogP contribution in [0.4, 0.5) is 16.3 Å². The lowest BCUT2D eigenvalue weighted by atomic mass is 9.97. The van der Waals surface area contributed by atoms with E-state index in [1.165, 1.54) is 0 Å². The zero-order valence-electron chi connectivity index (χ0n) is 10.9. The molecule has 0 unspecified atom stereocenters. The van der Waals surface area contributed by atoms with Crippen molar-refractivity contribution in [2.75, 3.05) is 11.1 Å². The van der Waals surface area contributed by atoms with Crippen LogP contribution in [0.25, 0.3) is 5.57 Å². The number of aromatic nitrogens is 3. The van der Waals surface area contributed by atoms with Crippen molar-refractivity contribution < 1.29 is 9.18 Å². The maximum Gasteiger partial charge on any atom is 0.228 e. The zero-order valence-corrected chi connectivity index (χ0v) is 10.9. The van der Waals surface area contributed by atoms with Gasteiger partial charge in [-0.3, -0.25) is 4.79 Å². The molecule has 6 nitrogen and oxygen atoms in total. The van der Waals surface area contributed by atoms with Crippen LogP contribution in [0, 0.1) is 0 Å². The van der Waals surface area contributed by atoms with Gasteiger partial charge in [-0.05, 0) is 26.7 Å². The number of nitrogens with two attached hydrogens (primary N) is 1. The van der Waals surface area contributed by atoms with Crippen LogP contribution in [0.2, 0.25) is 0 Å². The van der Waals surface area contributed by atoms with Crippen molar-refractivity contribution in [2.45, 2.75) is 39.2 Å². The lowest BCUT2D eigenvalue weighted by Crippen LogP contribution is -2.16. The molecule has 0 atom stereocenters. The number of halogens is 1. The number of allylic oxidation sites excluding steroid dienone is 2. The molecular weight excluding hydrogens is 249 g/mol. The number of carbonyl (C=O) groups is 1. The minimum atomic E-state index is -0.757. The third kappa shape index (κ3) is 3.04. The summed E-state index contributed by atoms with van der Waals surface area (Å²) in [5, 5.41) is 2.98. The van der Waals surface area contributed by atoms with Crippen molar-refractivity contribution in [3.05, 3.63) is 11.7 Å². The fourth-order valence-corrected chi connectivity index (χ4v) is 1.87. The fraction of sp³-hybridized carbons (Fsp3) is 0.500. The van der Waals surface area contributed by atoms with Crippen molar-refractivity contribution >= 4 is 23.3 Å². The van der Waals surface area contributed by atoms with Crippen LogP contribution in [0.5, 0.6) is 0 Å². The van der Waals surface area contributed by atoms with Crippen LogP contribution < -0.4 is 11.1 Å². The summed E-state index contributed by atoms with van der Waals surface area (Å²) in [7, 11) is 0. The molecular formula is C12H16FN5O.